The van der Waals surface area contributed by atoms with Gasteiger partial charge in [0.15, 0.2) is 0 Å². The molecular formula is C23H24N2O3S. The van der Waals surface area contributed by atoms with Crippen molar-refractivity contribution in [1.82, 2.24) is 0 Å². The van der Waals surface area contributed by atoms with E-state index in [0.717, 1.165) is 24.3 Å². The van der Waals surface area contributed by atoms with Crippen LogP contribution in [0, 0.1) is 0 Å². The molecule has 0 saturated carbocycles. The number of rotatable bonds is 6. The molecule has 0 aliphatic carbocycles. The summed E-state index contributed by atoms with van der Waals surface area (Å²) in [6.07, 6.45) is 1.85. The van der Waals surface area contributed by atoms with Crippen molar-refractivity contribution >= 4 is 40.2 Å². The molecule has 1 aliphatic rings. The maximum atomic E-state index is 12.2. The first kappa shape index (κ1) is 20.7. The van der Waals surface area contributed by atoms with Gasteiger partial charge in [-0.3, -0.25) is 0 Å². The Morgan fingerprint density at radius 1 is 1.10 bits per heavy atom. The fourth-order valence-electron chi connectivity index (χ4n) is 3.03. The quantitative estimate of drug-likeness (QED) is 0.654. The molecule has 0 unspecified atom stereocenters. The van der Waals surface area contributed by atoms with Crippen LogP contribution in [0.5, 0.6) is 0 Å². The van der Waals surface area contributed by atoms with E-state index in [1.54, 1.807) is 0 Å². The molecule has 6 heteroatoms. The highest BCUT2D eigenvalue weighted by molar-refractivity contribution is 8.18. The molecule has 1 N–H and O–H groups in total. The lowest BCUT2D eigenvalue weighted by molar-refractivity contribution is -0.135. The molecule has 0 amide bonds. The molecule has 29 heavy (non-hydrogen) atoms. The first-order valence-corrected chi connectivity index (χ1v) is 10.3. The number of aliphatic hydroxyl groups is 1. The van der Waals surface area contributed by atoms with Crippen molar-refractivity contribution in [3.05, 3.63) is 76.4 Å². The Morgan fingerprint density at radius 2 is 1.76 bits per heavy atom. The molecule has 1 aliphatic heterocycles. The number of esters is 1. The molecule has 3 rings (SSSR count). The largest absolute Gasteiger partial charge is 0.506 e. The number of anilines is 1. The number of methoxy groups -OCH3 is 1. The van der Waals surface area contributed by atoms with Gasteiger partial charge in [-0.1, -0.05) is 42.1 Å². The van der Waals surface area contributed by atoms with Gasteiger partial charge in [0, 0.05) is 18.8 Å². The van der Waals surface area contributed by atoms with Crippen LogP contribution < -0.4 is 4.90 Å². The van der Waals surface area contributed by atoms with E-state index >= 15 is 0 Å². The third kappa shape index (κ3) is 4.71. The molecule has 5 nitrogen and oxygen atoms in total. The summed E-state index contributed by atoms with van der Waals surface area (Å²) in [4.78, 5) is 19.6. The molecule has 0 atom stereocenters. The zero-order valence-corrected chi connectivity index (χ0v) is 17.6. The number of thioether (sulfide) groups is 1. The standard InChI is InChI=1S/C23H24N2O3S/c1-4-25(5-2)18-13-11-16(12-14-18)15-19-21(26)20(23(27)28-3)22(29-19)24-17-9-7-6-8-10-17/h6-15,26H,4-5H2,1-3H3/b19-15-,24-22?. The van der Waals surface area contributed by atoms with Crippen molar-refractivity contribution in [3.63, 3.8) is 0 Å². The number of aliphatic imine (C=N–C) groups is 1. The van der Waals surface area contributed by atoms with E-state index in [4.69, 9.17) is 4.74 Å². The Hall–Kier alpha value is -2.99. The van der Waals surface area contributed by atoms with Crippen LogP contribution >= 0.6 is 11.8 Å². The fraction of sp³-hybridized carbons (Fsp3) is 0.217. The molecule has 150 valence electrons. The molecule has 2 aromatic rings. The van der Waals surface area contributed by atoms with E-state index in [1.807, 2.05) is 48.5 Å². The van der Waals surface area contributed by atoms with Crippen molar-refractivity contribution in [2.75, 3.05) is 25.1 Å². The minimum absolute atomic E-state index is 0.0902. The zero-order valence-electron chi connectivity index (χ0n) is 16.8. The predicted octanol–water partition coefficient (Wildman–Crippen LogP) is 5.34. The molecule has 0 radical (unpaired) electrons. The topological polar surface area (TPSA) is 62.1 Å². The van der Waals surface area contributed by atoms with Gasteiger partial charge in [0.25, 0.3) is 0 Å². The SMILES string of the molecule is CCN(CC)c1ccc(/C=C2\SC(=Nc3ccccc3)C(C(=O)OC)=C2O)cc1. The second kappa shape index (κ2) is 9.47. The Labute approximate surface area is 175 Å². The first-order valence-electron chi connectivity index (χ1n) is 9.48. The molecule has 2 aromatic carbocycles. The summed E-state index contributed by atoms with van der Waals surface area (Å²) < 4.78 is 4.85. The maximum absolute atomic E-state index is 12.2. The summed E-state index contributed by atoms with van der Waals surface area (Å²) in [6, 6.07) is 17.4. The number of ether oxygens (including phenoxy) is 1. The smallest absolute Gasteiger partial charge is 0.344 e. The van der Waals surface area contributed by atoms with E-state index in [-0.39, 0.29) is 11.3 Å². The monoisotopic (exact) mass is 408 g/mol. The molecule has 0 spiro atoms. The van der Waals surface area contributed by atoms with Gasteiger partial charge in [0.05, 0.1) is 17.7 Å². The third-order valence-electron chi connectivity index (χ3n) is 4.59. The number of aliphatic hydroxyl groups excluding tert-OH is 1. The van der Waals surface area contributed by atoms with Crippen molar-refractivity contribution in [3.8, 4) is 0 Å². The Morgan fingerprint density at radius 3 is 2.34 bits per heavy atom. The van der Waals surface area contributed by atoms with E-state index in [2.05, 4.69) is 35.9 Å². The van der Waals surface area contributed by atoms with Crippen LogP contribution in [0.3, 0.4) is 0 Å². The van der Waals surface area contributed by atoms with Crippen LogP contribution in [0.2, 0.25) is 0 Å². The third-order valence-corrected chi connectivity index (χ3v) is 5.61. The van der Waals surface area contributed by atoms with Crippen molar-refractivity contribution in [1.29, 1.82) is 0 Å². The summed E-state index contributed by atoms with van der Waals surface area (Å²) >= 11 is 1.26. The van der Waals surface area contributed by atoms with Crippen molar-refractivity contribution < 1.29 is 14.6 Å². The average molecular weight is 409 g/mol. The number of benzene rings is 2. The minimum atomic E-state index is -0.607. The van der Waals surface area contributed by atoms with Gasteiger partial charge < -0.3 is 14.7 Å². The minimum Gasteiger partial charge on any atom is -0.506 e. The Bertz CT molecular complexity index is 959. The summed E-state index contributed by atoms with van der Waals surface area (Å²) in [7, 11) is 1.29. The van der Waals surface area contributed by atoms with E-state index in [1.165, 1.54) is 18.9 Å². The zero-order chi connectivity index (χ0) is 20.8. The van der Waals surface area contributed by atoms with Gasteiger partial charge >= 0.3 is 5.97 Å². The van der Waals surface area contributed by atoms with Crippen LogP contribution in [-0.4, -0.2) is 36.3 Å². The Balaban J connectivity index is 1.94. The highest BCUT2D eigenvalue weighted by Gasteiger charge is 2.32. The summed E-state index contributed by atoms with van der Waals surface area (Å²) in [5.74, 6) is -0.714. The normalized spacial score (nSPS) is 16.5. The lowest BCUT2D eigenvalue weighted by Gasteiger charge is -2.20. The van der Waals surface area contributed by atoms with Gasteiger partial charge in [-0.2, -0.15) is 0 Å². The number of para-hydroxylation sites is 1. The van der Waals surface area contributed by atoms with Gasteiger partial charge in [-0.25, -0.2) is 9.79 Å². The second-order valence-electron chi connectivity index (χ2n) is 6.34. The summed E-state index contributed by atoms with van der Waals surface area (Å²) in [5.41, 5.74) is 2.87. The Kier molecular flexibility index (Phi) is 6.77. The van der Waals surface area contributed by atoms with Crippen molar-refractivity contribution in [2.24, 2.45) is 4.99 Å². The van der Waals surface area contributed by atoms with Crippen LogP contribution in [0.1, 0.15) is 19.4 Å². The van der Waals surface area contributed by atoms with Gasteiger partial charge in [0.1, 0.15) is 16.4 Å². The van der Waals surface area contributed by atoms with Crippen LogP contribution in [0.4, 0.5) is 11.4 Å². The number of hydrogen-bond donors (Lipinski definition) is 1. The fourth-order valence-corrected chi connectivity index (χ4v) is 4.07. The highest BCUT2D eigenvalue weighted by Crippen LogP contribution is 2.40. The van der Waals surface area contributed by atoms with Crippen LogP contribution in [0.15, 0.2) is 75.8 Å². The molecule has 0 aromatic heterocycles. The van der Waals surface area contributed by atoms with Gasteiger partial charge in [0.2, 0.25) is 0 Å². The number of hydrogen-bond acceptors (Lipinski definition) is 6. The van der Waals surface area contributed by atoms with E-state index in [9.17, 15) is 9.90 Å². The lowest BCUT2D eigenvalue weighted by atomic mass is 10.1. The van der Waals surface area contributed by atoms with Gasteiger partial charge in [-0.05, 0) is 49.8 Å². The highest BCUT2D eigenvalue weighted by atomic mass is 32.2. The van der Waals surface area contributed by atoms with Crippen LogP contribution in [-0.2, 0) is 9.53 Å². The number of nitrogens with zero attached hydrogens (tertiary/aromatic N) is 2. The molecule has 1 heterocycles. The van der Waals surface area contributed by atoms with Gasteiger partial charge in [-0.15, -0.1) is 0 Å². The molecular weight excluding hydrogens is 384 g/mol. The first-order chi connectivity index (χ1) is 14.1. The molecule has 0 bridgehead atoms. The summed E-state index contributed by atoms with van der Waals surface area (Å²) in [5, 5.41) is 11.1. The lowest BCUT2D eigenvalue weighted by Crippen LogP contribution is -2.21. The van der Waals surface area contributed by atoms with Crippen molar-refractivity contribution in [2.45, 2.75) is 13.8 Å². The van der Waals surface area contributed by atoms with E-state index < -0.39 is 5.97 Å². The molecule has 0 fully saturated rings. The van der Waals surface area contributed by atoms with Crippen LogP contribution in [0.25, 0.3) is 6.08 Å². The predicted molar refractivity (Wildman–Crippen MR) is 121 cm³/mol. The average Bonchev–Trinajstić information content (AvgIpc) is 3.05. The second-order valence-corrected chi connectivity index (χ2v) is 7.37. The molecule has 0 saturated heterocycles. The maximum Gasteiger partial charge on any atom is 0.344 e. The number of carbonyl (C=O) groups is 1. The summed E-state index contributed by atoms with van der Waals surface area (Å²) in [6.45, 7) is 6.13. The number of carbonyl (C=O) groups excluding carboxylic acids is 1. The van der Waals surface area contributed by atoms with E-state index in [0.29, 0.717) is 15.6 Å².